The smallest absolute Gasteiger partial charge is 0.150 e. The lowest BCUT2D eigenvalue weighted by molar-refractivity contribution is 0.112. The van der Waals surface area contributed by atoms with Gasteiger partial charge in [-0.2, -0.15) is 0 Å². The third kappa shape index (κ3) is 1.98. The highest BCUT2D eigenvalue weighted by Gasteiger charge is 2.16. The second-order valence-corrected chi connectivity index (χ2v) is 4.39. The zero-order valence-corrected chi connectivity index (χ0v) is 8.27. The van der Waals surface area contributed by atoms with Gasteiger partial charge in [-0.25, -0.2) is 0 Å². The lowest BCUT2D eigenvalue weighted by atomic mass is 9.98. The van der Waals surface area contributed by atoms with Crippen molar-refractivity contribution in [2.45, 2.75) is 18.8 Å². The number of aldehydes is 1. The third-order valence-corrected chi connectivity index (χ3v) is 3.59. The van der Waals surface area contributed by atoms with Crippen LogP contribution in [0.1, 0.15) is 34.0 Å². The number of carbonyl (C=O) groups is 1. The Kier molecular flexibility index (Phi) is 2.76. The SMILES string of the molecule is O=Cc1csc(C2CCCNC2)c1. The molecule has 13 heavy (non-hydrogen) atoms. The normalized spacial score (nSPS) is 22.9. The molecule has 1 aliphatic rings. The third-order valence-electron chi connectivity index (χ3n) is 2.48. The maximum atomic E-state index is 10.5. The molecule has 1 unspecified atom stereocenters. The van der Waals surface area contributed by atoms with E-state index in [1.807, 2.05) is 11.4 Å². The molecular weight excluding hydrogens is 182 g/mol. The van der Waals surface area contributed by atoms with Gasteiger partial charge in [0.2, 0.25) is 0 Å². The Morgan fingerprint density at radius 2 is 2.54 bits per heavy atom. The molecule has 1 aromatic rings. The van der Waals surface area contributed by atoms with Gasteiger partial charge in [-0.05, 0) is 25.5 Å². The van der Waals surface area contributed by atoms with Crippen LogP contribution in [0.25, 0.3) is 0 Å². The van der Waals surface area contributed by atoms with Gasteiger partial charge in [0.05, 0.1) is 0 Å². The van der Waals surface area contributed by atoms with Crippen LogP contribution in [0.2, 0.25) is 0 Å². The predicted molar refractivity (Wildman–Crippen MR) is 54.6 cm³/mol. The molecule has 0 spiro atoms. The number of hydrogen-bond acceptors (Lipinski definition) is 3. The van der Waals surface area contributed by atoms with Crippen LogP contribution in [0, 0.1) is 0 Å². The van der Waals surface area contributed by atoms with E-state index in [1.54, 1.807) is 11.3 Å². The standard InChI is InChI=1S/C10H13NOS/c12-6-8-4-10(13-7-8)9-2-1-3-11-5-9/h4,6-7,9,11H,1-3,5H2. The summed E-state index contributed by atoms with van der Waals surface area (Å²) in [4.78, 5) is 11.8. The summed E-state index contributed by atoms with van der Waals surface area (Å²) in [5.74, 6) is 0.632. The van der Waals surface area contributed by atoms with Crippen molar-refractivity contribution in [2.24, 2.45) is 0 Å². The first kappa shape index (κ1) is 8.91. The molecule has 1 aromatic heterocycles. The summed E-state index contributed by atoms with van der Waals surface area (Å²) >= 11 is 1.71. The highest BCUT2D eigenvalue weighted by molar-refractivity contribution is 7.10. The van der Waals surface area contributed by atoms with E-state index in [0.29, 0.717) is 5.92 Å². The van der Waals surface area contributed by atoms with Crippen molar-refractivity contribution in [3.05, 3.63) is 21.9 Å². The van der Waals surface area contributed by atoms with E-state index >= 15 is 0 Å². The zero-order chi connectivity index (χ0) is 9.10. The number of nitrogens with one attached hydrogen (secondary N) is 1. The lowest BCUT2D eigenvalue weighted by Crippen LogP contribution is -2.27. The maximum absolute atomic E-state index is 10.5. The van der Waals surface area contributed by atoms with Gasteiger partial charge in [0, 0.05) is 28.3 Å². The van der Waals surface area contributed by atoms with Crippen LogP contribution in [0.3, 0.4) is 0 Å². The molecule has 1 N–H and O–H groups in total. The summed E-state index contributed by atoms with van der Waals surface area (Å²) < 4.78 is 0. The first-order chi connectivity index (χ1) is 6.40. The summed E-state index contributed by atoms with van der Waals surface area (Å²) in [7, 11) is 0. The van der Waals surface area contributed by atoms with E-state index in [0.717, 1.165) is 24.9 Å². The number of thiophene rings is 1. The van der Waals surface area contributed by atoms with Crippen LogP contribution < -0.4 is 5.32 Å². The first-order valence-corrected chi connectivity index (χ1v) is 5.52. The summed E-state index contributed by atoms with van der Waals surface area (Å²) in [5.41, 5.74) is 0.825. The fraction of sp³-hybridized carbons (Fsp3) is 0.500. The number of rotatable bonds is 2. The summed E-state index contributed by atoms with van der Waals surface area (Å²) in [5, 5.41) is 5.32. The molecule has 0 aliphatic carbocycles. The van der Waals surface area contributed by atoms with Crippen molar-refractivity contribution >= 4 is 17.6 Å². The van der Waals surface area contributed by atoms with Crippen molar-refractivity contribution in [1.82, 2.24) is 5.32 Å². The van der Waals surface area contributed by atoms with Gasteiger partial charge in [-0.1, -0.05) is 0 Å². The lowest BCUT2D eigenvalue weighted by Gasteiger charge is -2.21. The van der Waals surface area contributed by atoms with E-state index in [-0.39, 0.29) is 0 Å². The zero-order valence-electron chi connectivity index (χ0n) is 7.45. The summed E-state index contributed by atoms with van der Waals surface area (Å²) in [6.45, 7) is 2.21. The Hall–Kier alpha value is -0.670. The van der Waals surface area contributed by atoms with Crippen molar-refractivity contribution in [3.63, 3.8) is 0 Å². The van der Waals surface area contributed by atoms with E-state index in [1.165, 1.54) is 17.7 Å². The van der Waals surface area contributed by atoms with E-state index in [4.69, 9.17) is 0 Å². The minimum Gasteiger partial charge on any atom is -0.316 e. The quantitative estimate of drug-likeness (QED) is 0.732. The van der Waals surface area contributed by atoms with Gasteiger partial charge in [-0.15, -0.1) is 11.3 Å². The summed E-state index contributed by atoms with van der Waals surface area (Å²) in [6.07, 6.45) is 3.43. The molecule has 1 aliphatic heterocycles. The van der Waals surface area contributed by atoms with E-state index in [2.05, 4.69) is 5.32 Å². The van der Waals surface area contributed by atoms with Crippen molar-refractivity contribution < 1.29 is 4.79 Å². The highest BCUT2D eigenvalue weighted by Crippen LogP contribution is 2.28. The van der Waals surface area contributed by atoms with Crippen LogP contribution in [0.5, 0.6) is 0 Å². The molecule has 2 nitrogen and oxygen atoms in total. The largest absolute Gasteiger partial charge is 0.316 e. The fourth-order valence-corrected chi connectivity index (χ4v) is 2.73. The van der Waals surface area contributed by atoms with Crippen molar-refractivity contribution in [1.29, 1.82) is 0 Å². The van der Waals surface area contributed by atoms with Crippen LogP contribution in [0.4, 0.5) is 0 Å². The van der Waals surface area contributed by atoms with Crippen LogP contribution in [-0.4, -0.2) is 19.4 Å². The maximum Gasteiger partial charge on any atom is 0.150 e. The predicted octanol–water partition coefficient (Wildman–Crippen LogP) is 2.03. The minimum absolute atomic E-state index is 0.632. The molecule has 0 amide bonds. The van der Waals surface area contributed by atoms with Crippen LogP contribution in [0.15, 0.2) is 11.4 Å². The van der Waals surface area contributed by atoms with E-state index in [9.17, 15) is 4.79 Å². The van der Waals surface area contributed by atoms with Gasteiger partial charge in [0.15, 0.2) is 6.29 Å². The molecule has 2 heterocycles. The Morgan fingerprint density at radius 3 is 3.15 bits per heavy atom. The molecule has 0 aromatic carbocycles. The molecule has 2 rings (SSSR count). The highest BCUT2D eigenvalue weighted by atomic mass is 32.1. The summed E-state index contributed by atoms with van der Waals surface area (Å²) in [6, 6.07) is 2.02. The van der Waals surface area contributed by atoms with Crippen molar-refractivity contribution in [3.8, 4) is 0 Å². The molecule has 1 saturated heterocycles. The van der Waals surface area contributed by atoms with Gasteiger partial charge in [0.1, 0.15) is 0 Å². The minimum atomic E-state index is 0.632. The first-order valence-electron chi connectivity index (χ1n) is 4.64. The second kappa shape index (κ2) is 4.03. The molecule has 0 bridgehead atoms. The van der Waals surface area contributed by atoms with Gasteiger partial charge < -0.3 is 5.32 Å². The number of piperidine rings is 1. The molecule has 70 valence electrons. The Bertz CT molecular complexity index is 289. The Labute approximate surface area is 82.0 Å². The van der Waals surface area contributed by atoms with Gasteiger partial charge in [0.25, 0.3) is 0 Å². The molecule has 0 radical (unpaired) electrons. The Balaban J connectivity index is 2.09. The van der Waals surface area contributed by atoms with Crippen molar-refractivity contribution in [2.75, 3.05) is 13.1 Å². The molecule has 1 atom stereocenters. The van der Waals surface area contributed by atoms with Crippen LogP contribution >= 0.6 is 11.3 Å². The molecule has 3 heteroatoms. The molecular formula is C10H13NOS. The molecule has 0 saturated carbocycles. The van der Waals surface area contributed by atoms with Crippen LogP contribution in [-0.2, 0) is 0 Å². The van der Waals surface area contributed by atoms with Gasteiger partial charge in [-0.3, -0.25) is 4.79 Å². The molecule has 1 fully saturated rings. The average molecular weight is 195 g/mol. The van der Waals surface area contributed by atoms with E-state index < -0.39 is 0 Å². The monoisotopic (exact) mass is 195 g/mol. The number of hydrogen-bond donors (Lipinski definition) is 1. The Morgan fingerprint density at radius 1 is 1.62 bits per heavy atom. The second-order valence-electron chi connectivity index (χ2n) is 3.44. The fourth-order valence-electron chi connectivity index (χ4n) is 1.74. The number of carbonyl (C=O) groups excluding carboxylic acids is 1. The average Bonchev–Trinajstić information content (AvgIpc) is 2.67. The topological polar surface area (TPSA) is 29.1 Å². The van der Waals surface area contributed by atoms with Gasteiger partial charge >= 0.3 is 0 Å².